The number of piperidine rings is 1. The van der Waals surface area contributed by atoms with Crippen LogP contribution in [0, 0.1) is 5.92 Å². The molecule has 2 unspecified atom stereocenters. The molecule has 0 bridgehead atoms. The average molecular weight is 458 g/mol. The van der Waals surface area contributed by atoms with Crippen molar-refractivity contribution < 1.29 is 19.2 Å². The minimum Gasteiger partial charge on any atom is -0.345 e. The van der Waals surface area contributed by atoms with Crippen molar-refractivity contribution in [2.75, 3.05) is 13.1 Å². The van der Waals surface area contributed by atoms with Crippen LogP contribution < -0.4 is 10.6 Å². The standard InChI is InChI=1S/C26H39N3O4/c1-3-4-7-14-22(24(31)26(33)27-19-21-12-8-5-9-13-21)28-25(32)20(2)15-16-23(30)29-17-10-6-11-18-29/h5,8-9,12-13,20,22H,3-4,6-7,10-11,14-19H2,1-2H3,(H,27,33)(H,28,32). The highest BCUT2D eigenvalue weighted by Crippen LogP contribution is 2.14. The number of rotatable bonds is 13. The molecule has 33 heavy (non-hydrogen) atoms. The van der Waals surface area contributed by atoms with Crippen LogP contribution in [0.1, 0.15) is 77.2 Å². The molecule has 0 radical (unpaired) electrons. The molecule has 1 heterocycles. The van der Waals surface area contributed by atoms with Crippen LogP contribution in [0.3, 0.4) is 0 Å². The van der Waals surface area contributed by atoms with Gasteiger partial charge in [-0.3, -0.25) is 19.2 Å². The molecule has 0 saturated carbocycles. The van der Waals surface area contributed by atoms with E-state index in [4.69, 9.17) is 0 Å². The number of hydrogen-bond donors (Lipinski definition) is 2. The molecular formula is C26H39N3O4. The molecule has 2 atom stereocenters. The first-order chi connectivity index (χ1) is 15.9. The Balaban J connectivity index is 1.87. The SMILES string of the molecule is CCCCCC(NC(=O)C(C)CCC(=O)N1CCCCC1)C(=O)C(=O)NCc1ccccc1. The van der Waals surface area contributed by atoms with Crippen LogP contribution in [0.15, 0.2) is 30.3 Å². The van der Waals surface area contributed by atoms with Crippen LogP contribution in [-0.4, -0.2) is 47.5 Å². The van der Waals surface area contributed by atoms with Gasteiger partial charge in [0.15, 0.2) is 0 Å². The Bertz CT molecular complexity index is 775. The van der Waals surface area contributed by atoms with Crippen molar-refractivity contribution in [1.82, 2.24) is 15.5 Å². The molecule has 1 aromatic rings. The molecule has 182 valence electrons. The van der Waals surface area contributed by atoms with Gasteiger partial charge in [-0.2, -0.15) is 0 Å². The van der Waals surface area contributed by atoms with E-state index in [0.29, 0.717) is 19.3 Å². The molecule has 1 aromatic carbocycles. The second-order valence-electron chi connectivity index (χ2n) is 8.97. The molecule has 7 nitrogen and oxygen atoms in total. The molecule has 7 heteroatoms. The van der Waals surface area contributed by atoms with Crippen LogP contribution in [0.25, 0.3) is 0 Å². The quantitative estimate of drug-likeness (QED) is 0.351. The zero-order valence-electron chi connectivity index (χ0n) is 20.1. The fourth-order valence-corrected chi connectivity index (χ4v) is 3.98. The maximum Gasteiger partial charge on any atom is 0.289 e. The predicted octanol–water partition coefficient (Wildman–Crippen LogP) is 3.37. The van der Waals surface area contributed by atoms with Gasteiger partial charge in [0.25, 0.3) is 5.91 Å². The average Bonchev–Trinajstić information content (AvgIpc) is 2.85. The Morgan fingerprint density at radius 1 is 0.970 bits per heavy atom. The van der Waals surface area contributed by atoms with E-state index < -0.39 is 23.7 Å². The lowest BCUT2D eigenvalue weighted by Gasteiger charge is -2.27. The van der Waals surface area contributed by atoms with Gasteiger partial charge in [0, 0.05) is 32.0 Å². The van der Waals surface area contributed by atoms with Crippen molar-refractivity contribution in [2.45, 2.75) is 84.2 Å². The molecular weight excluding hydrogens is 418 g/mol. The van der Waals surface area contributed by atoms with Crippen LogP contribution >= 0.6 is 0 Å². The molecule has 3 amide bonds. The van der Waals surface area contributed by atoms with E-state index in [1.54, 1.807) is 6.92 Å². The lowest BCUT2D eigenvalue weighted by atomic mass is 10.00. The summed E-state index contributed by atoms with van der Waals surface area (Å²) in [6, 6.07) is 8.52. The van der Waals surface area contributed by atoms with Gasteiger partial charge >= 0.3 is 0 Å². The molecule has 2 rings (SSSR count). The molecule has 0 spiro atoms. The summed E-state index contributed by atoms with van der Waals surface area (Å²) >= 11 is 0. The topological polar surface area (TPSA) is 95.6 Å². The summed E-state index contributed by atoms with van der Waals surface area (Å²) in [6.07, 6.45) is 7.06. The van der Waals surface area contributed by atoms with Gasteiger partial charge in [0.1, 0.15) is 0 Å². The van der Waals surface area contributed by atoms with Crippen LogP contribution in [0.2, 0.25) is 0 Å². The summed E-state index contributed by atoms with van der Waals surface area (Å²) in [7, 11) is 0. The summed E-state index contributed by atoms with van der Waals surface area (Å²) in [4.78, 5) is 52.3. The molecule has 1 aliphatic heterocycles. The normalized spacial score (nSPS) is 15.4. The van der Waals surface area contributed by atoms with Crippen molar-refractivity contribution >= 4 is 23.5 Å². The third-order valence-electron chi connectivity index (χ3n) is 6.20. The Morgan fingerprint density at radius 3 is 2.33 bits per heavy atom. The number of nitrogens with one attached hydrogen (secondary N) is 2. The maximum atomic E-state index is 12.8. The van der Waals surface area contributed by atoms with Crippen molar-refractivity contribution in [1.29, 1.82) is 0 Å². The monoisotopic (exact) mass is 457 g/mol. The minimum absolute atomic E-state index is 0.0882. The van der Waals surface area contributed by atoms with Gasteiger partial charge in [-0.25, -0.2) is 0 Å². The molecule has 1 fully saturated rings. The zero-order chi connectivity index (χ0) is 24.1. The summed E-state index contributed by atoms with van der Waals surface area (Å²) in [6.45, 7) is 5.68. The Kier molecular flexibility index (Phi) is 11.6. The first-order valence-electron chi connectivity index (χ1n) is 12.4. The first kappa shape index (κ1) is 26.6. The number of Topliss-reactive ketones (excluding diaryl/α,β-unsaturated/α-hetero) is 1. The Labute approximate surface area is 197 Å². The largest absolute Gasteiger partial charge is 0.345 e. The number of likely N-dealkylation sites (tertiary alicyclic amines) is 1. The van der Waals surface area contributed by atoms with Gasteiger partial charge in [-0.05, 0) is 37.7 Å². The van der Waals surface area contributed by atoms with E-state index in [9.17, 15) is 19.2 Å². The Hall–Kier alpha value is -2.70. The summed E-state index contributed by atoms with van der Waals surface area (Å²) < 4.78 is 0. The summed E-state index contributed by atoms with van der Waals surface area (Å²) in [5, 5.41) is 5.44. The molecule has 1 saturated heterocycles. The van der Waals surface area contributed by atoms with Gasteiger partial charge < -0.3 is 15.5 Å². The molecule has 2 N–H and O–H groups in total. The number of ketones is 1. The second-order valence-corrected chi connectivity index (χ2v) is 8.97. The van der Waals surface area contributed by atoms with Crippen molar-refractivity contribution in [3.05, 3.63) is 35.9 Å². The van der Waals surface area contributed by atoms with E-state index >= 15 is 0 Å². The fraction of sp³-hybridized carbons (Fsp3) is 0.615. The zero-order valence-corrected chi connectivity index (χ0v) is 20.1. The van der Waals surface area contributed by atoms with E-state index in [-0.39, 0.29) is 18.4 Å². The molecule has 0 aliphatic carbocycles. The number of unbranched alkanes of at least 4 members (excludes halogenated alkanes) is 2. The number of nitrogens with zero attached hydrogens (tertiary/aromatic N) is 1. The third-order valence-corrected chi connectivity index (χ3v) is 6.20. The lowest BCUT2D eigenvalue weighted by Crippen LogP contribution is -2.48. The smallest absolute Gasteiger partial charge is 0.289 e. The summed E-state index contributed by atoms with van der Waals surface area (Å²) in [5.41, 5.74) is 0.900. The number of hydrogen-bond acceptors (Lipinski definition) is 4. The number of benzene rings is 1. The lowest BCUT2D eigenvalue weighted by molar-refractivity contribution is -0.140. The van der Waals surface area contributed by atoms with E-state index in [1.165, 1.54) is 0 Å². The second kappa shape index (κ2) is 14.4. The molecule has 1 aliphatic rings. The van der Waals surface area contributed by atoms with Crippen molar-refractivity contribution in [3.63, 3.8) is 0 Å². The van der Waals surface area contributed by atoms with Crippen LogP contribution in [0.5, 0.6) is 0 Å². The van der Waals surface area contributed by atoms with Gasteiger partial charge in [0.05, 0.1) is 6.04 Å². The van der Waals surface area contributed by atoms with Crippen LogP contribution in [0.4, 0.5) is 0 Å². The number of amides is 3. The van der Waals surface area contributed by atoms with E-state index in [1.807, 2.05) is 35.2 Å². The predicted molar refractivity (Wildman–Crippen MR) is 128 cm³/mol. The number of carbonyl (C=O) groups is 4. The van der Waals surface area contributed by atoms with Gasteiger partial charge in [0.2, 0.25) is 17.6 Å². The van der Waals surface area contributed by atoms with Gasteiger partial charge in [-0.15, -0.1) is 0 Å². The van der Waals surface area contributed by atoms with E-state index in [2.05, 4.69) is 17.6 Å². The Morgan fingerprint density at radius 2 is 1.67 bits per heavy atom. The van der Waals surface area contributed by atoms with Gasteiger partial charge in [-0.1, -0.05) is 63.4 Å². The molecule has 0 aromatic heterocycles. The first-order valence-corrected chi connectivity index (χ1v) is 12.4. The highest BCUT2D eigenvalue weighted by Gasteiger charge is 2.28. The highest BCUT2D eigenvalue weighted by atomic mass is 16.2. The number of carbonyl (C=O) groups excluding carboxylic acids is 4. The third kappa shape index (κ3) is 9.36. The van der Waals surface area contributed by atoms with Crippen molar-refractivity contribution in [2.24, 2.45) is 5.92 Å². The fourth-order valence-electron chi connectivity index (χ4n) is 3.98. The summed E-state index contributed by atoms with van der Waals surface area (Å²) in [5.74, 6) is -1.91. The highest BCUT2D eigenvalue weighted by molar-refractivity contribution is 6.38. The van der Waals surface area contributed by atoms with Crippen LogP contribution in [-0.2, 0) is 25.7 Å². The maximum absolute atomic E-state index is 12.8. The van der Waals surface area contributed by atoms with E-state index in [0.717, 1.165) is 57.2 Å². The van der Waals surface area contributed by atoms with Crippen molar-refractivity contribution in [3.8, 4) is 0 Å². The minimum atomic E-state index is -0.847.